The summed E-state index contributed by atoms with van der Waals surface area (Å²) < 4.78 is 9.15. The minimum atomic E-state index is -1.24. The summed E-state index contributed by atoms with van der Waals surface area (Å²) >= 11 is 0. The zero-order valence-corrected chi connectivity index (χ0v) is 8.76. The molecule has 0 aromatic heterocycles. The zero-order chi connectivity index (χ0) is 12.6. The van der Waals surface area contributed by atoms with Gasteiger partial charge in [-0.2, -0.15) is 0 Å². The lowest BCUT2D eigenvalue weighted by Gasteiger charge is -2.03. The summed E-state index contributed by atoms with van der Waals surface area (Å²) in [6, 6.07) is 0. The third-order valence-electron chi connectivity index (χ3n) is 1.27. The van der Waals surface area contributed by atoms with Gasteiger partial charge in [-0.25, -0.2) is 14.4 Å². The van der Waals surface area contributed by atoms with E-state index in [0.29, 0.717) is 6.08 Å². The van der Waals surface area contributed by atoms with Crippen LogP contribution in [0, 0.1) is 0 Å². The molecule has 0 aliphatic heterocycles. The second-order valence-corrected chi connectivity index (χ2v) is 2.76. The Balaban J connectivity index is 0. The van der Waals surface area contributed by atoms with Crippen LogP contribution < -0.4 is 0 Å². The number of rotatable bonds is 6. The Morgan fingerprint density at radius 3 is 2.18 bits per heavy atom. The number of carboxylic acids is 1. The standard InChI is InChI=1S/C10H12O6.Mg.2H/c1-7(2)10(14)16-6-5-15-9(13)4-3-8(11)12;;;/h3-4H,1,5-6H2,2H3,(H,11,12);;;/b4-3-;;;. The van der Waals surface area contributed by atoms with Crippen molar-refractivity contribution in [3.8, 4) is 0 Å². The number of carboxylic acid groups (broad SMARTS) is 1. The van der Waals surface area contributed by atoms with Crippen LogP contribution in [0.4, 0.5) is 0 Å². The number of hydrogen-bond acceptors (Lipinski definition) is 5. The highest BCUT2D eigenvalue weighted by molar-refractivity contribution is 5.90. The Labute approximate surface area is 114 Å². The molecule has 1 N–H and O–H groups in total. The second kappa shape index (κ2) is 9.85. The molecule has 7 heteroatoms. The van der Waals surface area contributed by atoms with Gasteiger partial charge in [-0.1, -0.05) is 6.58 Å². The summed E-state index contributed by atoms with van der Waals surface area (Å²) in [5.74, 6) is -2.63. The maximum Gasteiger partial charge on any atom is 0.333 e. The molecular formula is C10H14MgO6. The summed E-state index contributed by atoms with van der Waals surface area (Å²) in [6.45, 7) is 4.61. The minimum absolute atomic E-state index is 0. The number of aliphatic carboxylic acids is 1. The van der Waals surface area contributed by atoms with E-state index in [0.717, 1.165) is 6.08 Å². The molecule has 0 saturated heterocycles. The van der Waals surface area contributed by atoms with E-state index in [4.69, 9.17) is 5.11 Å². The highest BCUT2D eigenvalue weighted by Gasteiger charge is 2.03. The van der Waals surface area contributed by atoms with Crippen molar-refractivity contribution in [2.75, 3.05) is 13.2 Å². The number of carbonyl (C=O) groups excluding carboxylic acids is 2. The van der Waals surface area contributed by atoms with E-state index in [-0.39, 0.29) is 41.8 Å². The van der Waals surface area contributed by atoms with Crippen molar-refractivity contribution in [1.82, 2.24) is 0 Å². The maximum absolute atomic E-state index is 10.8. The Hall–Kier alpha value is -1.34. The van der Waals surface area contributed by atoms with Crippen molar-refractivity contribution < 1.29 is 29.0 Å². The van der Waals surface area contributed by atoms with Gasteiger partial charge in [-0.05, 0) is 6.92 Å². The van der Waals surface area contributed by atoms with Crippen molar-refractivity contribution >= 4 is 41.0 Å². The minimum Gasteiger partial charge on any atom is -0.478 e. The molecule has 0 unspecified atom stereocenters. The fourth-order valence-corrected chi connectivity index (χ4v) is 0.587. The Kier molecular flexibility index (Phi) is 10.5. The predicted octanol–water partition coefficient (Wildman–Crippen LogP) is -0.627. The summed E-state index contributed by atoms with van der Waals surface area (Å²) in [5.41, 5.74) is 0.247. The maximum atomic E-state index is 10.8. The normalized spacial score (nSPS) is 9.24. The van der Waals surface area contributed by atoms with Crippen LogP contribution in [0.3, 0.4) is 0 Å². The van der Waals surface area contributed by atoms with Gasteiger partial charge >= 0.3 is 41.0 Å². The molecule has 92 valence electrons. The van der Waals surface area contributed by atoms with Crippen LogP contribution in [0.15, 0.2) is 24.3 Å². The first-order valence-corrected chi connectivity index (χ1v) is 4.34. The highest BCUT2D eigenvalue weighted by atomic mass is 24.3. The Bertz CT molecular complexity index is 334. The molecule has 0 bridgehead atoms. The molecule has 6 nitrogen and oxygen atoms in total. The molecular weight excluding hydrogens is 240 g/mol. The zero-order valence-electron chi connectivity index (χ0n) is 8.76. The van der Waals surface area contributed by atoms with Gasteiger partial charge in [0.1, 0.15) is 13.2 Å². The van der Waals surface area contributed by atoms with Gasteiger partial charge in [-0.3, -0.25) is 0 Å². The fraction of sp³-hybridized carbons (Fsp3) is 0.300. The monoisotopic (exact) mass is 254 g/mol. The van der Waals surface area contributed by atoms with Crippen LogP contribution in [-0.2, 0) is 23.9 Å². The summed E-state index contributed by atoms with van der Waals surface area (Å²) in [4.78, 5) is 31.7. The Morgan fingerprint density at radius 1 is 1.18 bits per heavy atom. The molecule has 0 radical (unpaired) electrons. The van der Waals surface area contributed by atoms with E-state index in [2.05, 4.69) is 16.1 Å². The van der Waals surface area contributed by atoms with Crippen molar-refractivity contribution in [3.05, 3.63) is 24.3 Å². The fourth-order valence-electron chi connectivity index (χ4n) is 0.587. The van der Waals surface area contributed by atoms with Gasteiger partial charge in [0.05, 0.1) is 0 Å². The smallest absolute Gasteiger partial charge is 0.333 e. The predicted molar refractivity (Wildman–Crippen MR) is 62.1 cm³/mol. The quantitative estimate of drug-likeness (QED) is 0.294. The van der Waals surface area contributed by atoms with Gasteiger partial charge in [0.25, 0.3) is 0 Å². The number of ether oxygens (including phenoxy) is 2. The van der Waals surface area contributed by atoms with Crippen molar-refractivity contribution in [2.45, 2.75) is 6.92 Å². The van der Waals surface area contributed by atoms with E-state index in [9.17, 15) is 14.4 Å². The SMILES string of the molecule is C=C(C)C(=O)OCCOC(=O)/C=C\C(=O)O.[MgH2]. The van der Waals surface area contributed by atoms with E-state index in [1.165, 1.54) is 6.92 Å². The first-order valence-electron chi connectivity index (χ1n) is 4.34. The van der Waals surface area contributed by atoms with Crippen LogP contribution >= 0.6 is 0 Å². The van der Waals surface area contributed by atoms with Crippen LogP contribution in [0.1, 0.15) is 6.92 Å². The van der Waals surface area contributed by atoms with Crippen LogP contribution in [0.5, 0.6) is 0 Å². The van der Waals surface area contributed by atoms with Crippen LogP contribution in [0.25, 0.3) is 0 Å². The average Bonchev–Trinajstić information content (AvgIpc) is 2.20. The number of esters is 2. The van der Waals surface area contributed by atoms with Gasteiger partial charge in [-0.15, -0.1) is 0 Å². The van der Waals surface area contributed by atoms with E-state index in [1.807, 2.05) is 0 Å². The molecule has 0 saturated carbocycles. The Morgan fingerprint density at radius 2 is 1.71 bits per heavy atom. The van der Waals surface area contributed by atoms with Gasteiger partial charge in [0, 0.05) is 17.7 Å². The van der Waals surface area contributed by atoms with Crippen LogP contribution in [-0.4, -0.2) is 59.3 Å². The van der Waals surface area contributed by atoms with E-state index >= 15 is 0 Å². The van der Waals surface area contributed by atoms with Gasteiger partial charge < -0.3 is 14.6 Å². The third-order valence-corrected chi connectivity index (χ3v) is 1.27. The van der Waals surface area contributed by atoms with Crippen molar-refractivity contribution in [1.29, 1.82) is 0 Å². The number of hydrogen-bond donors (Lipinski definition) is 1. The lowest BCUT2D eigenvalue weighted by atomic mass is 10.4. The molecule has 0 aliphatic rings. The number of carbonyl (C=O) groups is 3. The first kappa shape index (κ1) is 18.0. The highest BCUT2D eigenvalue weighted by Crippen LogP contribution is 1.92. The largest absolute Gasteiger partial charge is 0.478 e. The van der Waals surface area contributed by atoms with Crippen molar-refractivity contribution in [2.24, 2.45) is 0 Å². The average molecular weight is 255 g/mol. The summed E-state index contributed by atoms with van der Waals surface area (Å²) in [7, 11) is 0. The molecule has 0 atom stereocenters. The van der Waals surface area contributed by atoms with Crippen molar-refractivity contribution in [3.63, 3.8) is 0 Å². The van der Waals surface area contributed by atoms with Gasteiger partial charge in [0.2, 0.25) is 0 Å². The lowest BCUT2D eigenvalue weighted by molar-refractivity contribution is -0.146. The molecule has 0 aromatic rings. The molecule has 17 heavy (non-hydrogen) atoms. The molecule has 0 amide bonds. The molecule has 0 heterocycles. The van der Waals surface area contributed by atoms with Gasteiger partial charge in [0.15, 0.2) is 0 Å². The topological polar surface area (TPSA) is 89.9 Å². The molecule has 0 rings (SSSR count). The molecule has 0 spiro atoms. The van der Waals surface area contributed by atoms with Crippen LogP contribution in [0.2, 0.25) is 0 Å². The first-order chi connectivity index (χ1) is 7.43. The third kappa shape index (κ3) is 10.9. The molecule has 0 aliphatic carbocycles. The van der Waals surface area contributed by atoms with E-state index in [1.54, 1.807) is 0 Å². The summed E-state index contributed by atoms with van der Waals surface area (Å²) in [6.07, 6.45) is 1.42. The lowest BCUT2D eigenvalue weighted by Crippen LogP contribution is -2.13. The molecule has 0 fully saturated rings. The summed E-state index contributed by atoms with van der Waals surface area (Å²) in [5, 5.41) is 8.19. The second-order valence-electron chi connectivity index (χ2n) is 2.76. The molecule has 0 aromatic carbocycles. The van der Waals surface area contributed by atoms with E-state index < -0.39 is 17.9 Å².